The minimum Gasteiger partial charge on any atom is -0.345 e. The molecular weight excluding hydrogens is 320 g/mol. The van der Waals surface area contributed by atoms with Crippen LogP contribution in [0.15, 0.2) is 24.6 Å². The highest BCUT2D eigenvalue weighted by Gasteiger charge is 2.40. The number of hydrogen-bond acceptors (Lipinski definition) is 2. The minimum absolute atomic E-state index is 0.335. The van der Waals surface area contributed by atoms with Crippen molar-refractivity contribution < 1.29 is 9.59 Å². The van der Waals surface area contributed by atoms with Crippen molar-refractivity contribution in [3.05, 3.63) is 24.6 Å². The highest BCUT2D eigenvalue weighted by Crippen LogP contribution is 2.25. The number of aliphatic hydroxyl groups excluding tert-OH is 1. The number of allylic oxidation sites excluding steroid dienone is 2. The number of hydrogen-bond donors (Lipinski definition) is 2. The molecule has 3 nitrogen and oxygen atoms in total. The quantitative estimate of drug-likeness (QED) is 0.194. The van der Waals surface area contributed by atoms with E-state index in [1.165, 1.54) is 77.0 Å². The van der Waals surface area contributed by atoms with E-state index in [1.54, 1.807) is 0 Å². The molecule has 1 aliphatic heterocycles. The number of unbranched alkanes of at least 4 members (excludes halogenated alkanes) is 10. The Morgan fingerprint density at radius 1 is 0.923 bits per heavy atom. The van der Waals surface area contributed by atoms with Gasteiger partial charge >= 0.3 is 0 Å². The second-order valence-corrected chi connectivity index (χ2v) is 7.96. The summed E-state index contributed by atoms with van der Waals surface area (Å²) >= 11 is 0. The monoisotopic (exact) mass is 365 g/mol. The molecule has 1 rings (SSSR count). The van der Waals surface area contributed by atoms with Crippen LogP contribution in [-0.2, 0) is 0 Å². The highest BCUT2D eigenvalue weighted by atomic mass is 16.3. The van der Waals surface area contributed by atoms with Gasteiger partial charge in [0.15, 0.2) is 12.4 Å². The lowest BCUT2D eigenvalue weighted by Gasteiger charge is -2.39. The average molecular weight is 366 g/mol. The topological polar surface area (TPSA) is 32.3 Å². The van der Waals surface area contributed by atoms with Gasteiger partial charge in [0, 0.05) is 13.3 Å². The minimum atomic E-state index is -0.345. The van der Waals surface area contributed by atoms with E-state index in [4.69, 9.17) is 0 Å². The SMILES string of the molecule is CCCCCCCCCC/C=C/CCCCC1NC=C[N+]1(CC)C(C)O. The molecule has 0 aromatic heterocycles. The van der Waals surface area contributed by atoms with Crippen molar-refractivity contribution in [1.82, 2.24) is 5.32 Å². The third kappa shape index (κ3) is 8.26. The zero-order valence-electron chi connectivity index (χ0n) is 17.8. The Kier molecular flexibility index (Phi) is 12.8. The van der Waals surface area contributed by atoms with E-state index in [1.807, 2.05) is 13.1 Å². The van der Waals surface area contributed by atoms with Crippen molar-refractivity contribution in [2.24, 2.45) is 0 Å². The van der Waals surface area contributed by atoms with Crippen molar-refractivity contribution in [3.63, 3.8) is 0 Å². The molecular formula is C23H45N2O+. The molecule has 0 aromatic carbocycles. The number of rotatable bonds is 16. The molecule has 3 atom stereocenters. The largest absolute Gasteiger partial charge is 0.345 e. The first kappa shape index (κ1) is 23.2. The Labute approximate surface area is 163 Å². The first-order chi connectivity index (χ1) is 12.7. The molecule has 3 unspecified atom stereocenters. The maximum absolute atomic E-state index is 10.2. The van der Waals surface area contributed by atoms with Gasteiger partial charge in [0.05, 0.1) is 12.7 Å². The third-order valence-electron chi connectivity index (χ3n) is 5.95. The summed E-state index contributed by atoms with van der Waals surface area (Å²) in [6.45, 7) is 7.28. The zero-order chi connectivity index (χ0) is 19.1. The van der Waals surface area contributed by atoms with Crippen LogP contribution >= 0.6 is 0 Å². The summed E-state index contributed by atoms with van der Waals surface area (Å²) in [6, 6.07) is 0. The smallest absolute Gasteiger partial charge is 0.193 e. The molecule has 3 heteroatoms. The van der Waals surface area contributed by atoms with Crippen LogP contribution in [0.5, 0.6) is 0 Å². The van der Waals surface area contributed by atoms with Gasteiger partial charge in [-0.2, -0.15) is 0 Å². The van der Waals surface area contributed by atoms with Crippen LogP contribution in [0.2, 0.25) is 0 Å². The lowest BCUT2D eigenvalue weighted by atomic mass is 10.1. The zero-order valence-corrected chi connectivity index (χ0v) is 17.8. The predicted molar refractivity (Wildman–Crippen MR) is 113 cm³/mol. The standard InChI is InChI=1S/C23H45N2O/c1-4-6-7-8-9-10-11-12-13-14-15-16-17-18-19-23-24-20-21-25(23,5-2)22(3)26/h14-15,20-24,26H,4-13,16-19H2,1-3H3/q+1/b15-14+. The van der Waals surface area contributed by atoms with E-state index in [0.29, 0.717) is 10.6 Å². The van der Waals surface area contributed by atoms with Gasteiger partial charge in [-0.15, -0.1) is 0 Å². The van der Waals surface area contributed by atoms with Gasteiger partial charge in [-0.05, 0) is 39.0 Å². The Morgan fingerprint density at radius 2 is 1.50 bits per heavy atom. The highest BCUT2D eigenvalue weighted by molar-refractivity contribution is 4.85. The van der Waals surface area contributed by atoms with E-state index in [9.17, 15) is 5.11 Å². The molecule has 26 heavy (non-hydrogen) atoms. The van der Waals surface area contributed by atoms with Crippen LogP contribution in [0.25, 0.3) is 0 Å². The van der Waals surface area contributed by atoms with Crippen molar-refractivity contribution in [3.8, 4) is 0 Å². The van der Waals surface area contributed by atoms with Gasteiger partial charge < -0.3 is 10.4 Å². The lowest BCUT2D eigenvalue weighted by Crippen LogP contribution is -2.57. The van der Waals surface area contributed by atoms with E-state index >= 15 is 0 Å². The van der Waals surface area contributed by atoms with Gasteiger partial charge in [-0.1, -0.05) is 64.0 Å². The van der Waals surface area contributed by atoms with E-state index in [-0.39, 0.29) is 6.23 Å². The number of quaternary nitrogens is 1. The molecule has 0 bridgehead atoms. The van der Waals surface area contributed by atoms with E-state index in [0.717, 1.165) is 13.0 Å². The maximum Gasteiger partial charge on any atom is 0.193 e. The van der Waals surface area contributed by atoms with Gasteiger partial charge in [-0.25, -0.2) is 0 Å². The van der Waals surface area contributed by atoms with Gasteiger partial charge in [0.25, 0.3) is 0 Å². The molecule has 2 N–H and O–H groups in total. The summed E-state index contributed by atoms with van der Waals surface area (Å²) in [5, 5.41) is 13.6. The Morgan fingerprint density at radius 3 is 2.08 bits per heavy atom. The molecule has 1 heterocycles. The van der Waals surface area contributed by atoms with Crippen LogP contribution in [0.1, 0.15) is 104 Å². The summed E-state index contributed by atoms with van der Waals surface area (Å²) in [4.78, 5) is 0. The first-order valence-electron chi connectivity index (χ1n) is 11.3. The van der Waals surface area contributed by atoms with Crippen LogP contribution in [0, 0.1) is 0 Å². The number of nitrogens with one attached hydrogen (secondary N) is 1. The van der Waals surface area contributed by atoms with E-state index < -0.39 is 0 Å². The second kappa shape index (κ2) is 14.3. The number of nitrogens with zero attached hydrogens (tertiary/aromatic N) is 1. The molecule has 0 amide bonds. The predicted octanol–water partition coefficient (Wildman–Crippen LogP) is 6.21. The second-order valence-electron chi connectivity index (χ2n) is 7.96. The van der Waals surface area contributed by atoms with Crippen molar-refractivity contribution in [1.29, 1.82) is 0 Å². The normalized spacial score (nSPS) is 23.6. The Bertz CT molecular complexity index is 392. The summed E-state index contributed by atoms with van der Waals surface area (Å²) in [6.07, 6.45) is 26.1. The van der Waals surface area contributed by atoms with Crippen LogP contribution < -0.4 is 5.32 Å². The first-order valence-corrected chi connectivity index (χ1v) is 11.3. The summed E-state index contributed by atoms with van der Waals surface area (Å²) < 4.78 is 0.661. The van der Waals surface area contributed by atoms with Crippen molar-refractivity contribution >= 4 is 0 Å². The lowest BCUT2D eigenvalue weighted by molar-refractivity contribution is -0.942. The Balaban J connectivity index is 1.98. The Hall–Kier alpha value is -0.800. The van der Waals surface area contributed by atoms with Crippen LogP contribution in [-0.4, -0.2) is 28.5 Å². The van der Waals surface area contributed by atoms with Crippen molar-refractivity contribution in [2.75, 3.05) is 6.54 Å². The number of aliphatic hydroxyl groups is 1. The fourth-order valence-corrected chi connectivity index (χ4v) is 4.07. The fourth-order valence-electron chi connectivity index (χ4n) is 4.07. The molecule has 0 aromatic rings. The van der Waals surface area contributed by atoms with Gasteiger partial charge in [0.1, 0.15) is 6.20 Å². The summed E-state index contributed by atoms with van der Waals surface area (Å²) in [5.41, 5.74) is 0. The molecule has 0 radical (unpaired) electrons. The third-order valence-corrected chi connectivity index (χ3v) is 5.95. The molecule has 0 spiro atoms. The van der Waals surface area contributed by atoms with E-state index in [2.05, 4.69) is 37.5 Å². The van der Waals surface area contributed by atoms with Crippen molar-refractivity contribution in [2.45, 2.75) is 117 Å². The summed E-state index contributed by atoms with van der Waals surface area (Å²) in [5.74, 6) is 0. The van der Waals surface area contributed by atoms with Gasteiger partial charge in [0.2, 0.25) is 0 Å². The fraction of sp³-hybridized carbons (Fsp3) is 0.826. The van der Waals surface area contributed by atoms with Crippen LogP contribution in [0.4, 0.5) is 0 Å². The van der Waals surface area contributed by atoms with Crippen LogP contribution in [0.3, 0.4) is 0 Å². The maximum atomic E-state index is 10.2. The molecule has 0 fully saturated rings. The molecule has 1 aliphatic rings. The molecule has 0 saturated carbocycles. The molecule has 0 aliphatic carbocycles. The molecule has 152 valence electrons. The average Bonchev–Trinajstić information content (AvgIpc) is 3.06. The molecule has 0 saturated heterocycles. The van der Waals surface area contributed by atoms with Gasteiger partial charge in [-0.3, -0.25) is 4.48 Å². The summed E-state index contributed by atoms with van der Waals surface area (Å²) in [7, 11) is 0.